The van der Waals surface area contributed by atoms with Crippen molar-refractivity contribution in [1.29, 1.82) is 0 Å². The first-order valence-corrected chi connectivity index (χ1v) is 7.24. The Hall–Kier alpha value is -1.76. The third kappa shape index (κ3) is 4.41. The maximum atomic E-state index is 5.63. The average molecular weight is 330 g/mol. The van der Waals surface area contributed by atoms with Crippen molar-refractivity contribution in [2.45, 2.75) is 6.42 Å². The summed E-state index contributed by atoms with van der Waals surface area (Å²) in [5.74, 6) is 6.89. The van der Waals surface area contributed by atoms with Crippen molar-refractivity contribution < 1.29 is 4.74 Å². The van der Waals surface area contributed by atoms with Gasteiger partial charge in [-0.3, -0.25) is 0 Å². The fourth-order valence-electron chi connectivity index (χ4n) is 1.77. The van der Waals surface area contributed by atoms with Crippen LogP contribution in [0.25, 0.3) is 0 Å². The zero-order valence-corrected chi connectivity index (χ0v) is 12.7. The number of rotatable bonds is 4. The van der Waals surface area contributed by atoms with E-state index >= 15 is 0 Å². The van der Waals surface area contributed by atoms with E-state index in [0.717, 1.165) is 27.8 Å². The molecule has 0 aliphatic carbocycles. The Balaban J connectivity index is 1.95. The summed E-state index contributed by atoms with van der Waals surface area (Å²) in [6.45, 7) is 0.995. The fraction of sp³-hybridized carbons (Fsp3) is 0.176. The Morgan fingerprint density at radius 2 is 1.90 bits per heavy atom. The molecule has 2 N–H and O–H groups in total. The van der Waals surface area contributed by atoms with E-state index < -0.39 is 0 Å². The first kappa shape index (κ1) is 14.6. The van der Waals surface area contributed by atoms with Gasteiger partial charge in [0.25, 0.3) is 0 Å². The molecular weight excluding hydrogens is 314 g/mol. The summed E-state index contributed by atoms with van der Waals surface area (Å²) in [5, 5.41) is 0. The topological polar surface area (TPSA) is 35.2 Å². The molecule has 0 aromatic heterocycles. The summed E-state index contributed by atoms with van der Waals surface area (Å²) < 4.78 is 6.70. The van der Waals surface area contributed by atoms with Crippen LogP contribution in [0, 0.1) is 11.8 Å². The van der Waals surface area contributed by atoms with Crippen LogP contribution in [-0.4, -0.2) is 13.2 Å². The van der Waals surface area contributed by atoms with E-state index in [1.165, 1.54) is 0 Å². The second kappa shape index (κ2) is 7.74. The molecule has 3 heteroatoms. The fourth-order valence-corrected chi connectivity index (χ4v) is 2.21. The highest BCUT2D eigenvalue weighted by Gasteiger charge is 2.01. The van der Waals surface area contributed by atoms with Gasteiger partial charge in [-0.05, 0) is 48.9 Å². The molecule has 0 aliphatic heterocycles. The summed E-state index contributed by atoms with van der Waals surface area (Å²) in [4.78, 5) is 0. The quantitative estimate of drug-likeness (QED) is 0.873. The Bertz CT molecular complexity index is 614. The highest BCUT2D eigenvalue weighted by molar-refractivity contribution is 9.10. The Labute approximate surface area is 128 Å². The highest BCUT2D eigenvalue weighted by Crippen LogP contribution is 2.22. The summed E-state index contributed by atoms with van der Waals surface area (Å²) in [7, 11) is 0. The van der Waals surface area contributed by atoms with Crippen molar-refractivity contribution in [2.24, 2.45) is 5.73 Å². The molecule has 102 valence electrons. The molecule has 0 saturated heterocycles. The molecule has 2 nitrogen and oxygen atoms in total. The van der Waals surface area contributed by atoms with E-state index in [1.54, 1.807) is 0 Å². The second-order valence-electron chi connectivity index (χ2n) is 4.25. The molecule has 2 aromatic carbocycles. The lowest BCUT2D eigenvalue weighted by atomic mass is 10.1. The van der Waals surface area contributed by atoms with Crippen LogP contribution in [0.2, 0.25) is 0 Å². The van der Waals surface area contributed by atoms with Gasteiger partial charge in [0.15, 0.2) is 0 Å². The van der Waals surface area contributed by atoms with Crippen LogP contribution in [0.3, 0.4) is 0 Å². The maximum absolute atomic E-state index is 5.63. The van der Waals surface area contributed by atoms with Crippen molar-refractivity contribution in [3.8, 4) is 17.6 Å². The second-order valence-corrected chi connectivity index (χ2v) is 5.10. The minimum atomic E-state index is 0.374. The van der Waals surface area contributed by atoms with Gasteiger partial charge in [0.05, 0.1) is 0 Å². The number of nitrogens with two attached hydrogens (primary N) is 1. The predicted molar refractivity (Wildman–Crippen MR) is 85.7 cm³/mol. The van der Waals surface area contributed by atoms with Crippen molar-refractivity contribution in [2.75, 3.05) is 13.2 Å². The Kier molecular flexibility index (Phi) is 5.67. The minimum Gasteiger partial charge on any atom is -0.481 e. The normalized spacial score (nSPS) is 9.70. The van der Waals surface area contributed by atoms with Gasteiger partial charge < -0.3 is 10.5 Å². The van der Waals surface area contributed by atoms with Crippen LogP contribution in [0.15, 0.2) is 53.0 Å². The predicted octanol–water partition coefficient (Wildman–Crippen LogP) is 3.38. The molecule has 0 amide bonds. The summed E-state index contributed by atoms with van der Waals surface area (Å²) >= 11 is 3.50. The van der Waals surface area contributed by atoms with Crippen LogP contribution in [0.5, 0.6) is 5.75 Å². The Morgan fingerprint density at radius 1 is 1.10 bits per heavy atom. The molecule has 0 atom stereocenters. The van der Waals surface area contributed by atoms with E-state index in [1.807, 2.05) is 48.5 Å². The van der Waals surface area contributed by atoms with Crippen LogP contribution >= 0.6 is 15.9 Å². The summed E-state index contributed by atoms with van der Waals surface area (Å²) in [6, 6.07) is 15.8. The summed E-state index contributed by atoms with van der Waals surface area (Å²) in [6.07, 6.45) is 0.827. The van der Waals surface area contributed by atoms with Gasteiger partial charge in [-0.1, -0.05) is 46.0 Å². The number of hydrogen-bond donors (Lipinski definition) is 1. The van der Waals surface area contributed by atoms with E-state index in [9.17, 15) is 0 Å². The minimum absolute atomic E-state index is 0.374. The molecule has 0 unspecified atom stereocenters. The zero-order chi connectivity index (χ0) is 14.2. The van der Waals surface area contributed by atoms with Gasteiger partial charge in [0.1, 0.15) is 12.4 Å². The molecule has 20 heavy (non-hydrogen) atoms. The molecule has 2 rings (SSSR count). The van der Waals surface area contributed by atoms with Gasteiger partial charge >= 0.3 is 0 Å². The third-order valence-electron chi connectivity index (χ3n) is 2.75. The van der Waals surface area contributed by atoms with E-state index in [0.29, 0.717) is 13.2 Å². The molecule has 0 saturated carbocycles. The highest BCUT2D eigenvalue weighted by atomic mass is 79.9. The lowest BCUT2D eigenvalue weighted by molar-refractivity contribution is 0.370. The summed E-state index contributed by atoms with van der Waals surface area (Å²) in [5.41, 5.74) is 7.73. The maximum Gasteiger partial charge on any atom is 0.149 e. The molecule has 0 aliphatic rings. The van der Waals surface area contributed by atoms with Gasteiger partial charge in [0.2, 0.25) is 0 Å². The van der Waals surface area contributed by atoms with Crippen LogP contribution < -0.4 is 10.5 Å². The van der Waals surface area contributed by atoms with Crippen LogP contribution in [-0.2, 0) is 6.42 Å². The third-order valence-corrected chi connectivity index (χ3v) is 3.52. The van der Waals surface area contributed by atoms with Crippen molar-refractivity contribution in [1.82, 2.24) is 0 Å². The lowest BCUT2D eigenvalue weighted by Gasteiger charge is -2.07. The lowest BCUT2D eigenvalue weighted by Crippen LogP contribution is -2.04. The number of ether oxygens (including phenoxy) is 1. The zero-order valence-electron chi connectivity index (χ0n) is 11.1. The molecule has 0 radical (unpaired) electrons. The van der Waals surface area contributed by atoms with Crippen molar-refractivity contribution in [3.05, 3.63) is 64.1 Å². The number of benzene rings is 2. The van der Waals surface area contributed by atoms with Gasteiger partial charge in [-0.15, -0.1) is 0 Å². The average Bonchev–Trinajstić information content (AvgIpc) is 2.48. The molecule has 0 bridgehead atoms. The SMILES string of the molecule is NCCc1cc(OCC#Cc2ccccc2)ccc1Br. The monoisotopic (exact) mass is 329 g/mol. The van der Waals surface area contributed by atoms with Crippen LogP contribution in [0.1, 0.15) is 11.1 Å². The van der Waals surface area contributed by atoms with Crippen molar-refractivity contribution >= 4 is 15.9 Å². The van der Waals surface area contributed by atoms with Gasteiger partial charge in [0, 0.05) is 10.0 Å². The van der Waals surface area contributed by atoms with E-state index in [2.05, 4.69) is 27.8 Å². The van der Waals surface area contributed by atoms with E-state index in [-0.39, 0.29) is 0 Å². The molecule has 0 fully saturated rings. The standard InChI is InChI=1S/C17H16BrNO/c18-17-9-8-16(13-15(17)10-11-19)20-12-4-7-14-5-2-1-3-6-14/h1-3,5-6,8-9,13H,10-12,19H2. The first-order valence-electron chi connectivity index (χ1n) is 6.45. The molecular formula is C17H16BrNO. The number of hydrogen-bond acceptors (Lipinski definition) is 2. The smallest absolute Gasteiger partial charge is 0.149 e. The van der Waals surface area contributed by atoms with E-state index in [4.69, 9.17) is 10.5 Å². The van der Waals surface area contributed by atoms with Gasteiger partial charge in [-0.2, -0.15) is 0 Å². The van der Waals surface area contributed by atoms with Crippen molar-refractivity contribution in [3.63, 3.8) is 0 Å². The molecule has 0 heterocycles. The Morgan fingerprint density at radius 3 is 2.65 bits per heavy atom. The molecule has 0 spiro atoms. The van der Waals surface area contributed by atoms with Crippen LogP contribution in [0.4, 0.5) is 0 Å². The van der Waals surface area contributed by atoms with Gasteiger partial charge in [-0.25, -0.2) is 0 Å². The first-order chi connectivity index (χ1) is 9.79. The largest absolute Gasteiger partial charge is 0.481 e. The number of halogens is 1. The molecule has 2 aromatic rings.